The monoisotopic (exact) mass is 317 g/mol. The fourth-order valence-corrected chi connectivity index (χ4v) is 3.15. The first-order valence-corrected chi connectivity index (χ1v) is 8.83. The largest absolute Gasteiger partial charge is 0.322 e. The van der Waals surface area contributed by atoms with E-state index in [1.54, 1.807) is 0 Å². The summed E-state index contributed by atoms with van der Waals surface area (Å²) < 4.78 is 0. The Morgan fingerprint density at radius 3 is 2.39 bits per heavy atom. The summed E-state index contributed by atoms with van der Waals surface area (Å²) in [7, 11) is 0. The number of amides is 2. The van der Waals surface area contributed by atoms with Crippen LogP contribution in [0.1, 0.15) is 51.2 Å². The van der Waals surface area contributed by atoms with Gasteiger partial charge in [-0.25, -0.2) is 4.79 Å². The molecule has 0 bridgehead atoms. The van der Waals surface area contributed by atoms with E-state index >= 15 is 0 Å². The fourth-order valence-electron chi connectivity index (χ4n) is 3.15. The van der Waals surface area contributed by atoms with Crippen LogP contribution in [0.15, 0.2) is 18.2 Å². The van der Waals surface area contributed by atoms with Crippen molar-refractivity contribution < 1.29 is 4.79 Å². The van der Waals surface area contributed by atoms with Gasteiger partial charge in [0.1, 0.15) is 0 Å². The number of nitrogens with zero attached hydrogens (tertiary/aromatic N) is 2. The van der Waals surface area contributed by atoms with Crippen LogP contribution in [0.3, 0.4) is 0 Å². The maximum Gasteiger partial charge on any atom is 0.321 e. The number of para-hydroxylation sites is 1. The minimum atomic E-state index is 0.0324. The Kier molecular flexibility index (Phi) is 6.05. The van der Waals surface area contributed by atoms with Gasteiger partial charge in [0.25, 0.3) is 0 Å². The second-order valence-corrected chi connectivity index (χ2v) is 6.90. The molecule has 23 heavy (non-hydrogen) atoms. The Balaban J connectivity index is 2.01. The highest BCUT2D eigenvalue weighted by molar-refractivity contribution is 5.91. The molecule has 1 N–H and O–H groups in total. The quantitative estimate of drug-likeness (QED) is 0.908. The highest BCUT2D eigenvalue weighted by Crippen LogP contribution is 2.27. The summed E-state index contributed by atoms with van der Waals surface area (Å²) in [4.78, 5) is 17.0. The van der Waals surface area contributed by atoms with Gasteiger partial charge in [-0.1, -0.05) is 39.0 Å². The minimum absolute atomic E-state index is 0.0324. The molecule has 128 valence electrons. The Bertz CT molecular complexity index is 533. The number of rotatable bonds is 4. The van der Waals surface area contributed by atoms with E-state index in [2.05, 4.69) is 63.0 Å². The van der Waals surface area contributed by atoms with Crippen LogP contribution in [-0.4, -0.2) is 48.1 Å². The summed E-state index contributed by atoms with van der Waals surface area (Å²) in [5, 5.41) is 3.16. The third-order valence-corrected chi connectivity index (χ3v) is 4.97. The lowest BCUT2D eigenvalue weighted by Gasteiger charge is -2.38. The Morgan fingerprint density at radius 2 is 1.83 bits per heavy atom. The van der Waals surface area contributed by atoms with E-state index in [0.717, 1.165) is 43.9 Å². The van der Waals surface area contributed by atoms with Gasteiger partial charge in [-0.3, -0.25) is 4.90 Å². The molecule has 0 spiro atoms. The van der Waals surface area contributed by atoms with Gasteiger partial charge in [-0.2, -0.15) is 0 Å². The zero-order chi connectivity index (χ0) is 17.0. The van der Waals surface area contributed by atoms with Crippen molar-refractivity contribution in [3.63, 3.8) is 0 Å². The summed E-state index contributed by atoms with van der Waals surface area (Å²) >= 11 is 0. The minimum Gasteiger partial charge on any atom is -0.322 e. The molecule has 0 aromatic heterocycles. The second-order valence-electron chi connectivity index (χ2n) is 6.90. The normalized spacial score (nSPS) is 17.4. The molecule has 1 aliphatic heterocycles. The topological polar surface area (TPSA) is 35.6 Å². The van der Waals surface area contributed by atoms with Crippen molar-refractivity contribution in [2.75, 3.05) is 31.5 Å². The lowest BCUT2D eigenvalue weighted by atomic mass is 9.98. The van der Waals surface area contributed by atoms with Crippen LogP contribution in [0.5, 0.6) is 0 Å². The number of hydrogen-bond donors (Lipinski definition) is 1. The maximum atomic E-state index is 12.6. The van der Waals surface area contributed by atoms with Crippen molar-refractivity contribution in [1.29, 1.82) is 0 Å². The third-order valence-electron chi connectivity index (χ3n) is 4.97. The van der Waals surface area contributed by atoms with Gasteiger partial charge in [-0.05, 0) is 37.3 Å². The van der Waals surface area contributed by atoms with Gasteiger partial charge < -0.3 is 10.2 Å². The molecule has 0 aliphatic carbocycles. The third kappa shape index (κ3) is 4.25. The van der Waals surface area contributed by atoms with Crippen LogP contribution in [0, 0.1) is 6.92 Å². The van der Waals surface area contributed by atoms with E-state index in [4.69, 9.17) is 0 Å². The molecule has 4 heteroatoms. The molecule has 0 saturated carbocycles. The van der Waals surface area contributed by atoms with Gasteiger partial charge in [0, 0.05) is 37.9 Å². The molecule has 0 radical (unpaired) electrons. The van der Waals surface area contributed by atoms with Crippen LogP contribution >= 0.6 is 0 Å². The molecule has 1 aliphatic rings. The molecule has 2 amide bonds. The Morgan fingerprint density at radius 1 is 1.17 bits per heavy atom. The van der Waals surface area contributed by atoms with Gasteiger partial charge in [0.2, 0.25) is 0 Å². The molecule has 1 fully saturated rings. The molecule has 4 nitrogen and oxygen atoms in total. The summed E-state index contributed by atoms with van der Waals surface area (Å²) in [5.41, 5.74) is 3.32. The highest BCUT2D eigenvalue weighted by Gasteiger charge is 2.24. The number of urea groups is 1. The predicted molar refractivity (Wildman–Crippen MR) is 97.2 cm³/mol. The van der Waals surface area contributed by atoms with Crippen molar-refractivity contribution in [1.82, 2.24) is 9.80 Å². The fraction of sp³-hybridized carbons (Fsp3) is 0.632. The SMILES string of the molecule is CCC(C)N1CCN(C(=O)Nc2c(C)cccc2C(C)C)CC1. The van der Waals surface area contributed by atoms with Gasteiger partial charge >= 0.3 is 6.03 Å². The first-order chi connectivity index (χ1) is 10.9. The standard InChI is InChI=1S/C19H31N3O/c1-6-16(5)21-10-12-22(13-11-21)19(23)20-18-15(4)8-7-9-17(18)14(2)3/h7-9,14,16H,6,10-13H2,1-5H3,(H,20,23). The summed E-state index contributed by atoms with van der Waals surface area (Å²) in [6.07, 6.45) is 1.16. The van der Waals surface area contributed by atoms with Gasteiger partial charge in [0.15, 0.2) is 0 Å². The molecule has 1 aromatic carbocycles. The van der Waals surface area contributed by atoms with Gasteiger partial charge in [-0.15, -0.1) is 0 Å². The molecule has 1 saturated heterocycles. The number of carbonyl (C=O) groups excluding carboxylic acids is 1. The van der Waals surface area contributed by atoms with Crippen LogP contribution in [-0.2, 0) is 0 Å². The molecular weight excluding hydrogens is 286 g/mol. The van der Waals surface area contributed by atoms with Crippen molar-refractivity contribution >= 4 is 11.7 Å². The Labute approximate surface area is 140 Å². The first kappa shape index (κ1) is 17.8. The first-order valence-electron chi connectivity index (χ1n) is 8.83. The number of anilines is 1. The Hall–Kier alpha value is -1.55. The average Bonchev–Trinajstić information content (AvgIpc) is 2.55. The zero-order valence-corrected chi connectivity index (χ0v) is 15.2. The van der Waals surface area contributed by atoms with E-state index in [9.17, 15) is 4.79 Å². The molecule has 1 aromatic rings. The van der Waals surface area contributed by atoms with Crippen LogP contribution < -0.4 is 5.32 Å². The van der Waals surface area contributed by atoms with E-state index < -0.39 is 0 Å². The van der Waals surface area contributed by atoms with Crippen LogP contribution in [0.2, 0.25) is 0 Å². The number of nitrogens with one attached hydrogen (secondary N) is 1. The number of aryl methyl sites for hydroxylation is 1. The number of piperazine rings is 1. The highest BCUT2D eigenvalue weighted by atomic mass is 16.2. The molecular formula is C19H31N3O. The number of carbonyl (C=O) groups is 1. The maximum absolute atomic E-state index is 12.6. The number of hydrogen-bond acceptors (Lipinski definition) is 2. The van der Waals surface area contributed by atoms with Gasteiger partial charge in [0.05, 0.1) is 0 Å². The van der Waals surface area contributed by atoms with Crippen molar-refractivity contribution in [2.45, 2.75) is 53.0 Å². The van der Waals surface area contributed by atoms with E-state index in [-0.39, 0.29) is 6.03 Å². The van der Waals surface area contributed by atoms with Crippen LogP contribution in [0.4, 0.5) is 10.5 Å². The molecule has 1 unspecified atom stereocenters. The summed E-state index contributed by atoms with van der Waals surface area (Å²) in [6.45, 7) is 14.4. The molecule has 1 atom stereocenters. The van der Waals surface area contributed by atoms with E-state index in [1.807, 2.05) is 4.90 Å². The molecule has 1 heterocycles. The lowest BCUT2D eigenvalue weighted by molar-refractivity contribution is 0.117. The summed E-state index contributed by atoms with van der Waals surface area (Å²) in [6, 6.07) is 6.86. The van der Waals surface area contributed by atoms with Crippen molar-refractivity contribution in [3.8, 4) is 0 Å². The average molecular weight is 317 g/mol. The summed E-state index contributed by atoms with van der Waals surface area (Å²) in [5.74, 6) is 0.396. The van der Waals surface area contributed by atoms with E-state index in [0.29, 0.717) is 12.0 Å². The van der Waals surface area contributed by atoms with Crippen molar-refractivity contribution in [3.05, 3.63) is 29.3 Å². The smallest absolute Gasteiger partial charge is 0.321 e. The zero-order valence-electron chi connectivity index (χ0n) is 15.2. The van der Waals surface area contributed by atoms with Crippen LogP contribution in [0.25, 0.3) is 0 Å². The van der Waals surface area contributed by atoms with E-state index in [1.165, 1.54) is 5.56 Å². The van der Waals surface area contributed by atoms with Crippen molar-refractivity contribution in [2.24, 2.45) is 0 Å². The lowest BCUT2D eigenvalue weighted by Crippen LogP contribution is -2.52. The second kappa shape index (κ2) is 7.82. The predicted octanol–water partition coefficient (Wildman–Crippen LogP) is 4.07. The molecule has 2 rings (SSSR count). The number of benzene rings is 1.